The Bertz CT molecular complexity index is 679. The van der Waals surface area contributed by atoms with Gasteiger partial charge in [0.2, 0.25) is 0 Å². The van der Waals surface area contributed by atoms with Crippen LogP contribution in [-0.4, -0.2) is 30.2 Å². The molecule has 2 aromatic rings. The Hall–Kier alpha value is -2.69. The van der Waals surface area contributed by atoms with E-state index in [2.05, 4.69) is 0 Å². The van der Waals surface area contributed by atoms with Gasteiger partial charge < -0.3 is 19.7 Å². The summed E-state index contributed by atoms with van der Waals surface area (Å²) in [6.07, 6.45) is 0.555. The van der Waals surface area contributed by atoms with E-state index >= 15 is 0 Å². The zero-order valence-corrected chi connectivity index (χ0v) is 12.5. The van der Waals surface area contributed by atoms with Crippen LogP contribution >= 0.6 is 0 Å². The predicted molar refractivity (Wildman–Crippen MR) is 82.0 cm³/mol. The maximum atomic E-state index is 12.2. The molecular formula is C17H18O5. The highest BCUT2D eigenvalue weighted by molar-refractivity contribution is 5.98. The monoisotopic (exact) mass is 302 g/mol. The number of Topliss-reactive ketones (excluding diaryl/α,β-unsaturated/α-hetero) is 1. The fourth-order valence-electron chi connectivity index (χ4n) is 2.14. The van der Waals surface area contributed by atoms with Gasteiger partial charge in [-0.15, -0.1) is 0 Å². The molecule has 2 rings (SSSR count). The standard InChI is InChI=1S/C17H18O5/c1-21-12-5-3-11(16(19)9-12)4-8-15(18)14-7-6-13(22-2)10-17(14)20/h3,5-7,9-10,19-20H,4,8H2,1-2H3. The van der Waals surface area contributed by atoms with Gasteiger partial charge >= 0.3 is 0 Å². The molecule has 0 aliphatic rings. The van der Waals surface area contributed by atoms with Crippen LogP contribution in [0, 0.1) is 0 Å². The number of aromatic hydroxyl groups is 2. The van der Waals surface area contributed by atoms with Crippen molar-refractivity contribution in [1.29, 1.82) is 0 Å². The third kappa shape index (κ3) is 3.49. The summed E-state index contributed by atoms with van der Waals surface area (Å²) in [7, 11) is 3.01. The quantitative estimate of drug-likeness (QED) is 0.802. The van der Waals surface area contributed by atoms with E-state index < -0.39 is 0 Å². The van der Waals surface area contributed by atoms with Gasteiger partial charge in [-0.25, -0.2) is 0 Å². The number of hydrogen-bond acceptors (Lipinski definition) is 5. The van der Waals surface area contributed by atoms with Crippen LogP contribution in [0.2, 0.25) is 0 Å². The molecule has 0 saturated carbocycles. The molecule has 0 spiro atoms. The number of carbonyl (C=O) groups excluding carboxylic acids is 1. The second kappa shape index (κ2) is 6.85. The second-order valence-corrected chi connectivity index (χ2v) is 4.80. The Kier molecular flexibility index (Phi) is 4.88. The molecule has 116 valence electrons. The molecule has 22 heavy (non-hydrogen) atoms. The lowest BCUT2D eigenvalue weighted by molar-refractivity contribution is 0.0980. The molecule has 0 saturated heterocycles. The van der Waals surface area contributed by atoms with Crippen molar-refractivity contribution < 1.29 is 24.5 Å². The number of phenols is 2. The third-order valence-electron chi connectivity index (χ3n) is 3.42. The van der Waals surface area contributed by atoms with Crippen LogP contribution in [0.25, 0.3) is 0 Å². The zero-order valence-electron chi connectivity index (χ0n) is 12.5. The molecule has 0 unspecified atom stereocenters. The van der Waals surface area contributed by atoms with Crippen LogP contribution in [-0.2, 0) is 6.42 Å². The van der Waals surface area contributed by atoms with E-state index in [9.17, 15) is 15.0 Å². The summed E-state index contributed by atoms with van der Waals surface area (Å²) in [5.74, 6) is 0.826. The summed E-state index contributed by atoms with van der Waals surface area (Å²) in [6.45, 7) is 0. The van der Waals surface area contributed by atoms with Gasteiger partial charge in [-0.05, 0) is 30.2 Å². The molecular weight excluding hydrogens is 284 g/mol. The molecule has 0 bridgehead atoms. The minimum absolute atomic E-state index is 0.0890. The second-order valence-electron chi connectivity index (χ2n) is 4.80. The summed E-state index contributed by atoms with van der Waals surface area (Å²) in [6, 6.07) is 9.50. The molecule has 0 atom stereocenters. The van der Waals surface area contributed by atoms with Crippen LogP contribution < -0.4 is 9.47 Å². The van der Waals surface area contributed by atoms with E-state index in [4.69, 9.17) is 9.47 Å². The largest absolute Gasteiger partial charge is 0.508 e. The topological polar surface area (TPSA) is 76.0 Å². The van der Waals surface area contributed by atoms with E-state index in [1.807, 2.05) is 0 Å². The van der Waals surface area contributed by atoms with Crippen molar-refractivity contribution in [3.8, 4) is 23.0 Å². The number of hydrogen-bond donors (Lipinski definition) is 2. The number of aryl methyl sites for hydroxylation is 1. The Morgan fingerprint density at radius 3 is 2.09 bits per heavy atom. The Balaban J connectivity index is 2.07. The SMILES string of the molecule is COc1ccc(CCC(=O)c2ccc(OC)cc2O)c(O)c1. The first kappa shape index (κ1) is 15.7. The summed E-state index contributed by atoms with van der Waals surface area (Å²) in [5.41, 5.74) is 0.899. The number of ketones is 1. The van der Waals surface area contributed by atoms with Gasteiger partial charge in [0.15, 0.2) is 5.78 Å². The Labute approximate surface area is 128 Å². The van der Waals surface area contributed by atoms with Gasteiger partial charge in [-0.1, -0.05) is 6.07 Å². The van der Waals surface area contributed by atoms with Crippen LogP contribution in [0.5, 0.6) is 23.0 Å². The highest BCUT2D eigenvalue weighted by Gasteiger charge is 2.13. The average Bonchev–Trinajstić information content (AvgIpc) is 2.53. The number of methoxy groups -OCH3 is 2. The zero-order chi connectivity index (χ0) is 16.1. The first-order valence-corrected chi connectivity index (χ1v) is 6.81. The molecule has 0 heterocycles. The molecule has 0 radical (unpaired) electrons. The van der Waals surface area contributed by atoms with Crippen molar-refractivity contribution in [2.75, 3.05) is 14.2 Å². The molecule has 0 aromatic heterocycles. The van der Waals surface area contributed by atoms with Crippen LogP contribution in [0.4, 0.5) is 0 Å². The van der Waals surface area contributed by atoms with Crippen molar-refractivity contribution >= 4 is 5.78 Å². The predicted octanol–water partition coefficient (Wildman–Crippen LogP) is 2.93. The van der Waals surface area contributed by atoms with Crippen LogP contribution in [0.3, 0.4) is 0 Å². The molecule has 2 aromatic carbocycles. The lowest BCUT2D eigenvalue weighted by Crippen LogP contribution is -2.02. The summed E-state index contributed by atoms with van der Waals surface area (Å²) in [5, 5.41) is 19.7. The van der Waals surface area contributed by atoms with Crippen molar-refractivity contribution in [3.63, 3.8) is 0 Å². The molecule has 2 N–H and O–H groups in total. The van der Waals surface area contributed by atoms with E-state index in [1.165, 1.54) is 32.4 Å². The van der Waals surface area contributed by atoms with Gasteiger partial charge in [0.05, 0.1) is 19.8 Å². The lowest BCUT2D eigenvalue weighted by Gasteiger charge is -2.08. The van der Waals surface area contributed by atoms with Gasteiger partial charge in [0.25, 0.3) is 0 Å². The third-order valence-corrected chi connectivity index (χ3v) is 3.42. The van der Waals surface area contributed by atoms with Crippen molar-refractivity contribution in [1.82, 2.24) is 0 Å². The lowest BCUT2D eigenvalue weighted by atomic mass is 10.0. The molecule has 0 amide bonds. The fraction of sp³-hybridized carbons (Fsp3) is 0.235. The van der Waals surface area contributed by atoms with Crippen LogP contribution in [0.1, 0.15) is 22.3 Å². The highest BCUT2D eigenvalue weighted by atomic mass is 16.5. The average molecular weight is 302 g/mol. The van der Waals surface area contributed by atoms with E-state index in [-0.39, 0.29) is 29.3 Å². The number of carbonyl (C=O) groups is 1. The first-order chi connectivity index (χ1) is 10.5. The smallest absolute Gasteiger partial charge is 0.166 e. The van der Waals surface area contributed by atoms with Crippen molar-refractivity contribution in [2.24, 2.45) is 0 Å². The van der Waals surface area contributed by atoms with Gasteiger partial charge in [-0.3, -0.25) is 4.79 Å². The fourth-order valence-corrected chi connectivity index (χ4v) is 2.14. The Morgan fingerprint density at radius 2 is 1.55 bits per heavy atom. The minimum atomic E-state index is -0.199. The Morgan fingerprint density at radius 1 is 0.955 bits per heavy atom. The number of ether oxygens (including phenoxy) is 2. The number of benzene rings is 2. The molecule has 5 nitrogen and oxygen atoms in total. The highest BCUT2D eigenvalue weighted by Crippen LogP contribution is 2.27. The maximum absolute atomic E-state index is 12.2. The summed E-state index contributed by atoms with van der Waals surface area (Å²) >= 11 is 0. The normalized spacial score (nSPS) is 10.3. The van der Waals surface area contributed by atoms with Crippen LogP contribution in [0.15, 0.2) is 36.4 Å². The van der Waals surface area contributed by atoms with E-state index in [0.717, 1.165) is 0 Å². The van der Waals surface area contributed by atoms with E-state index in [1.54, 1.807) is 18.2 Å². The van der Waals surface area contributed by atoms with Gasteiger partial charge in [0.1, 0.15) is 23.0 Å². The summed E-state index contributed by atoms with van der Waals surface area (Å²) < 4.78 is 9.99. The molecule has 0 aliphatic carbocycles. The molecule has 5 heteroatoms. The number of phenolic OH excluding ortho intramolecular Hbond substituents is 2. The molecule has 0 fully saturated rings. The first-order valence-electron chi connectivity index (χ1n) is 6.81. The van der Waals surface area contributed by atoms with Crippen molar-refractivity contribution in [3.05, 3.63) is 47.5 Å². The number of rotatable bonds is 6. The minimum Gasteiger partial charge on any atom is -0.508 e. The molecule has 0 aliphatic heterocycles. The maximum Gasteiger partial charge on any atom is 0.166 e. The van der Waals surface area contributed by atoms with Gasteiger partial charge in [-0.2, -0.15) is 0 Å². The van der Waals surface area contributed by atoms with Crippen molar-refractivity contribution in [2.45, 2.75) is 12.8 Å². The summed E-state index contributed by atoms with van der Waals surface area (Å²) in [4.78, 5) is 12.2. The van der Waals surface area contributed by atoms with E-state index in [0.29, 0.717) is 23.5 Å². The van der Waals surface area contributed by atoms with Gasteiger partial charge in [0, 0.05) is 18.6 Å².